The second-order valence-electron chi connectivity index (χ2n) is 8.21. The van der Waals surface area contributed by atoms with Crippen molar-refractivity contribution >= 4 is 5.82 Å². The van der Waals surface area contributed by atoms with E-state index in [-0.39, 0.29) is 17.4 Å². The van der Waals surface area contributed by atoms with Gasteiger partial charge in [0.25, 0.3) is 0 Å². The average Bonchev–Trinajstić information content (AvgIpc) is 3.24. The van der Waals surface area contributed by atoms with Crippen molar-refractivity contribution in [1.82, 2.24) is 19.4 Å². The van der Waals surface area contributed by atoms with E-state index in [1.807, 2.05) is 13.0 Å². The van der Waals surface area contributed by atoms with Crippen molar-refractivity contribution in [1.29, 1.82) is 0 Å². The van der Waals surface area contributed by atoms with Crippen LogP contribution in [0, 0.1) is 21.7 Å². The Bertz CT molecular complexity index is 1170. The topological polar surface area (TPSA) is 86.3 Å². The minimum Gasteiger partial charge on any atom is -0.436 e. The number of hydrogen-bond acceptors (Lipinski definition) is 6. The first-order valence-corrected chi connectivity index (χ1v) is 9.87. The highest BCUT2D eigenvalue weighted by Crippen LogP contribution is 2.33. The van der Waals surface area contributed by atoms with Gasteiger partial charge in [-0.3, -0.25) is 14.5 Å². The number of fused-ring (bicyclic) bond motifs is 2. The van der Waals surface area contributed by atoms with Gasteiger partial charge in [-0.05, 0) is 41.7 Å². The fraction of sp³-hybridized carbons (Fsp3) is 0.333. The maximum Gasteiger partial charge on any atom is 0.415 e. The number of hydrogen-bond donors (Lipinski definition) is 0. The smallest absolute Gasteiger partial charge is 0.415 e. The lowest BCUT2D eigenvalue weighted by Crippen LogP contribution is -2.46. The molecule has 0 bridgehead atoms. The molecular weight excluding hydrogens is 408 g/mol. The Kier molecular flexibility index (Phi) is 4.47. The largest absolute Gasteiger partial charge is 0.436 e. The third-order valence-corrected chi connectivity index (χ3v) is 5.65. The van der Waals surface area contributed by atoms with E-state index in [2.05, 4.69) is 14.9 Å². The number of pyridine rings is 1. The van der Waals surface area contributed by atoms with E-state index in [0.29, 0.717) is 31.7 Å². The molecule has 2 aromatic heterocycles. The highest BCUT2D eigenvalue weighted by Gasteiger charge is 2.41. The second-order valence-corrected chi connectivity index (χ2v) is 8.21. The van der Waals surface area contributed by atoms with E-state index in [4.69, 9.17) is 4.74 Å². The Morgan fingerprint density at radius 3 is 2.87 bits per heavy atom. The highest BCUT2D eigenvalue weighted by molar-refractivity contribution is 5.60. The molecule has 3 aromatic rings. The van der Waals surface area contributed by atoms with Gasteiger partial charge < -0.3 is 14.9 Å². The van der Waals surface area contributed by atoms with Gasteiger partial charge in [0, 0.05) is 42.3 Å². The van der Waals surface area contributed by atoms with E-state index < -0.39 is 22.2 Å². The standard InChI is InChI=1S/C21H19F2N5O3/c1-21(12-27-10-19(28(29)30)25-20(27)31-21)11-26-7-6-17-13(9-26)2-5-18(24-17)15-8-14(22)3-4-16(15)23/h2-5,8,10H,6-7,9,11-12H2,1H3/t21-/m0/s1. The van der Waals surface area contributed by atoms with Crippen molar-refractivity contribution in [3.63, 3.8) is 0 Å². The molecule has 0 unspecified atom stereocenters. The van der Waals surface area contributed by atoms with Crippen molar-refractivity contribution in [2.75, 3.05) is 13.1 Å². The maximum absolute atomic E-state index is 14.1. The number of nitrogens with zero attached hydrogens (tertiary/aromatic N) is 5. The third kappa shape index (κ3) is 3.63. The van der Waals surface area contributed by atoms with Crippen LogP contribution in [0.3, 0.4) is 0 Å². The Morgan fingerprint density at radius 2 is 2.10 bits per heavy atom. The normalized spacial score (nSPS) is 20.2. The van der Waals surface area contributed by atoms with Gasteiger partial charge in [0.05, 0.1) is 12.2 Å². The summed E-state index contributed by atoms with van der Waals surface area (Å²) in [6.07, 6.45) is 2.06. The maximum atomic E-state index is 14.1. The molecule has 10 heteroatoms. The highest BCUT2D eigenvalue weighted by atomic mass is 19.1. The molecule has 31 heavy (non-hydrogen) atoms. The van der Waals surface area contributed by atoms with Crippen molar-refractivity contribution in [2.45, 2.75) is 32.0 Å². The lowest BCUT2D eigenvalue weighted by molar-refractivity contribution is -0.389. The van der Waals surface area contributed by atoms with Gasteiger partial charge in [-0.15, -0.1) is 0 Å². The molecule has 1 aromatic carbocycles. The van der Waals surface area contributed by atoms with Gasteiger partial charge >= 0.3 is 11.8 Å². The van der Waals surface area contributed by atoms with Crippen LogP contribution in [0.2, 0.25) is 0 Å². The molecule has 0 amide bonds. The fourth-order valence-electron chi connectivity index (χ4n) is 4.29. The predicted molar refractivity (Wildman–Crippen MR) is 106 cm³/mol. The molecule has 4 heterocycles. The zero-order valence-corrected chi connectivity index (χ0v) is 16.7. The first-order valence-electron chi connectivity index (χ1n) is 9.87. The molecule has 5 rings (SSSR count). The number of halogens is 2. The van der Waals surface area contributed by atoms with Crippen molar-refractivity contribution < 1.29 is 18.4 Å². The minimum atomic E-state index is -0.549. The molecule has 8 nitrogen and oxygen atoms in total. The molecule has 0 aliphatic carbocycles. The van der Waals surface area contributed by atoms with Gasteiger partial charge in [-0.2, -0.15) is 0 Å². The summed E-state index contributed by atoms with van der Waals surface area (Å²) < 4.78 is 35.2. The Hall–Kier alpha value is -3.40. The Morgan fingerprint density at radius 1 is 1.26 bits per heavy atom. The molecule has 1 atom stereocenters. The molecule has 0 fully saturated rings. The van der Waals surface area contributed by atoms with Gasteiger partial charge in [0.15, 0.2) is 0 Å². The van der Waals surface area contributed by atoms with Crippen molar-refractivity contribution in [3.05, 3.63) is 69.5 Å². The van der Waals surface area contributed by atoms with E-state index in [9.17, 15) is 18.9 Å². The van der Waals surface area contributed by atoms with Crippen LogP contribution >= 0.6 is 0 Å². The molecule has 2 aliphatic heterocycles. The zero-order chi connectivity index (χ0) is 21.8. The molecule has 160 valence electrons. The quantitative estimate of drug-likeness (QED) is 0.469. The first-order chi connectivity index (χ1) is 14.8. The predicted octanol–water partition coefficient (Wildman–Crippen LogP) is 3.34. The molecule has 0 radical (unpaired) electrons. The molecule has 0 spiro atoms. The summed E-state index contributed by atoms with van der Waals surface area (Å²) in [5, 5.41) is 10.9. The summed E-state index contributed by atoms with van der Waals surface area (Å²) >= 11 is 0. The average molecular weight is 427 g/mol. The lowest BCUT2D eigenvalue weighted by atomic mass is 10.00. The van der Waals surface area contributed by atoms with Gasteiger partial charge in [-0.25, -0.2) is 8.78 Å². The first kappa shape index (κ1) is 19.6. The van der Waals surface area contributed by atoms with Crippen LogP contribution in [0.5, 0.6) is 6.01 Å². The summed E-state index contributed by atoms with van der Waals surface area (Å²) in [7, 11) is 0. The van der Waals surface area contributed by atoms with Crippen LogP contribution in [0.1, 0.15) is 18.2 Å². The molecule has 0 saturated carbocycles. The van der Waals surface area contributed by atoms with Gasteiger partial charge in [-0.1, -0.05) is 6.07 Å². The van der Waals surface area contributed by atoms with Gasteiger partial charge in [0.2, 0.25) is 0 Å². The number of benzene rings is 1. The van der Waals surface area contributed by atoms with Crippen LogP contribution < -0.4 is 4.74 Å². The number of imidazole rings is 1. The summed E-state index contributed by atoms with van der Waals surface area (Å²) in [5.41, 5.74) is 1.93. The molecule has 0 saturated heterocycles. The van der Waals surface area contributed by atoms with Crippen molar-refractivity contribution in [2.24, 2.45) is 0 Å². The van der Waals surface area contributed by atoms with Crippen LogP contribution in [0.25, 0.3) is 11.3 Å². The van der Waals surface area contributed by atoms with E-state index in [1.165, 1.54) is 6.20 Å². The number of nitro groups is 1. The number of ether oxygens (including phenoxy) is 1. The molecule has 2 aliphatic rings. The molecular formula is C21H19F2N5O3. The summed E-state index contributed by atoms with van der Waals surface area (Å²) in [4.78, 5) is 21.1. The minimum absolute atomic E-state index is 0.153. The van der Waals surface area contributed by atoms with E-state index >= 15 is 0 Å². The van der Waals surface area contributed by atoms with Crippen LogP contribution in [-0.4, -0.2) is 43.0 Å². The molecule has 0 N–H and O–H groups in total. The monoisotopic (exact) mass is 427 g/mol. The fourth-order valence-corrected chi connectivity index (χ4v) is 4.29. The Balaban J connectivity index is 1.29. The van der Waals surface area contributed by atoms with Crippen LogP contribution in [0.4, 0.5) is 14.6 Å². The number of rotatable bonds is 4. The van der Waals surface area contributed by atoms with Crippen molar-refractivity contribution in [3.8, 4) is 17.3 Å². The van der Waals surface area contributed by atoms with Gasteiger partial charge in [0.1, 0.15) is 23.4 Å². The third-order valence-electron chi connectivity index (χ3n) is 5.65. The van der Waals surface area contributed by atoms with Crippen LogP contribution in [0.15, 0.2) is 36.5 Å². The van der Waals surface area contributed by atoms with E-state index in [1.54, 1.807) is 10.6 Å². The zero-order valence-electron chi connectivity index (χ0n) is 16.7. The summed E-state index contributed by atoms with van der Waals surface area (Å²) in [6.45, 7) is 4.43. The summed E-state index contributed by atoms with van der Waals surface area (Å²) in [6, 6.07) is 7.23. The van der Waals surface area contributed by atoms with Crippen LogP contribution in [-0.2, 0) is 19.5 Å². The lowest BCUT2D eigenvalue weighted by Gasteiger charge is -2.34. The summed E-state index contributed by atoms with van der Waals surface area (Å²) in [5.74, 6) is -1.23. The SMILES string of the molecule is C[C@]1(CN2CCc3nc(-c4cc(F)ccc4F)ccc3C2)Cn2cc([N+](=O)[O-])nc2O1. The van der Waals surface area contributed by atoms with E-state index in [0.717, 1.165) is 36.0 Å². The second kappa shape index (κ2) is 7.09. The number of aromatic nitrogens is 3. The Labute approximate surface area is 176 Å².